The van der Waals surface area contributed by atoms with Gasteiger partial charge in [-0.05, 0) is 123 Å². The standard InChI is InChI=1S/C60H39N/c1-4-16-50-41(11-1)14-9-21-52(50)43-25-23-40(24-26-43)47-33-36-60-58(37-47)59(46-29-27-44(28-30-46)53-22-10-15-42-12-2-5-17-51(42)53)39-61(60)49-34-31-45(32-35-49)57-38-48-13-3-6-18-54(48)55-19-7-8-20-56(55)57/h1-39H. The predicted octanol–water partition coefficient (Wildman–Crippen LogP) is 16.6. The molecule has 1 nitrogen and oxygen atoms in total. The van der Waals surface area contributed by atoms with Gasteiger partial charge in [-0.25, -0.2) is 0 Å². The molecule has 1 heterocycles. The molecule has 0 aliphatic carbocycles. The van der Waals surface area contributed by atoms with Crippen LogP contribution in [0.25, 0.3) is 115 Å². The number of benzene rings is 11. The zero-order valence-corrected chi connectivity index (χ0v) is 33.5. The minimum absolute atomic E-state index is 1.13. The van der Waals surface area contributed by atoms with Gasteiger partial charge >= 0.3 is 0 Å². The van der Waals surface area contributed by atoms with Gasteiger partial charge in [-0.3, -0.25) is 0 Å². The molecule has 0 unspecified atom stereocenters. The van der Waals surface area contributed by atoms with Crippen molar-refractivity contribution < 1.29 is 0 Å². The van der Waals surface area contributed by atoms with Crippen molar-refractivity contribution in [1.29, 1.82) is 0 Å². The first-order chi connectivity index (χ1) is 30.2. The SMILES string of the molecule is c1ccc2c(-c3ccc(-c4ccc5c(c4)c(-c4ccc(-c6cccc7ccccc67)cc4)cn5-c4ccc(-c5cc6ccccc6c6ccccc56)cc4)cc3)cccc2c1. The minimum Gasteiger partial charge on any atom is -0.316 e. The van der Waals surface area contributed by atoms with Crippen LogP contribution in [0.1, 0.15) is 0 Å². The molecule has 0 aliphatic heterocycles. The smallest absolute Gasteiger partial charge is 0.0535 e. The number of fused-ring (bicyclic) bond motifs is 6. The number of hydrogen-bond acceptors (Lipinski definition) is 0. The highest BCUT2D eigenvalue weighted by molar-refractivity contribution is 6.14. The lowest BCUT2D eigenvalue weighted by Gasteiger charge is -2.12. The summed E-state index contributed by atoms with van der Waals surface area (Å²) in [6, 6.07) is 84.4. The lowest BCUT2D eigenvalue weighted by Crippen LogP contribution is -1.92. The largest absolute Gasteiger partial charge is 0.316 e. The second-order valence-corrected chi connectivity index (χ2v) is 16.1. The van der Waals surface area contributed by atoms with E-state index in [1.807, 2.05) is 0 Å². The Morgan fingerprint density at radius 1 is 0.230 bits per heavy atom. The Kier molecular flexibility index (Phi) is 8.25. The number of aromatic nitrogens is 1. The van der Waals surface area contributed by atoms with E-state index in [0.717, 1.165) is 5.69 Å². The Balaban J connectivity index is 0.966. The highest BCUT2D eigenvalue weighted by atomic mass is 15.0. The molecule has 0 saturated heterocycles. The van der Waals surface area contributed by atoms with Crippen molar-refractivity contribution in [3.05, 3.63) is 237 Å². The summed E-state index contributed by atoms with van der Waals surface area (Å²) in [6.07, 6.45) is 2.32. The van der Waals surface area contributed by atoms with Crippen molar-refractivity contribution in [1.82, 2.24) is 4.57 Å². The van der Waals surface area contributed by atoms with Crippen molar-refractivity contribution in [3.8, 4) is 61.3 Å². The summed E-state index contributed by atoms with van der Waals surface area (Å²) in [6.45, 7) is 0. The Morgan fingerprint density at radius 3 is 1.30 bits per heavy atom. The van der Waals surface area contributed by atoms with E-state index in [1.165, 1.54) is 110 Å². The van der Waals surface area contributed by atoms with Crippen LogP contribution in [0, 0.1) is 0 Å². The van der Waals surface area contributed by atoms with Gasteiger partial charge < -0.3 is 4.57 Å². The highest BCUT2D eigenvalue weighted by Gasteiger charge is 2.16. The average molecular weight is 774 g/mol. The second-order valence-electron chi connectivity index (χ2n) is 16.1. The van der Waals surface area contributed by atoms with Crippen LogP contribution in [0.15, 0.2) is 237 Å². The molecule has 0 N–H and O–H groups in total. The predicted molar refractivity (Wildman–Crippen MR) is 260 cm³/mol. The third-order valence-electron chi connectivity index (χ3n) is 12.6. The van der Waals surface area contributed by atoms with E-state index in [9.17, 15) is 0 Å². The van der Waals surface area contributed by atoms with Crippen molar-refractivity contribution in [2.45, 2.75) is 0 Å². The number of nitrogens with zero attached hydrogens (tertiary/aromatic N) is 1. The van der Waals surface area contributed by atoms with Crippen LogP contribution in [0.4, 0.5) is 0 Å². The van der Waals surface area contributed by atoms with Crippen LogP contribution in [0.3, 0.4) is 0 Å². The maximum absolute atomic E-state index is 2.38. The molecule has 284 valence electrons. The minimum atomic E-state index is 1.13. The first-order valence-corrected chi connectivity index (χ1v) is 21.1. The van der Waals surface area contributed by atoms with Gasteiger partial charge in [0, 0.05) is 22.8 Å². The van der Waals surface area contributed by atoms with Crippen molar-refractivity contribution in [3.63, 3.8) is 0 Å². The fraction of sp³-hybridized carbons (Fsp3) is 0. The fourth-order valence-corrected chi connectivity index (χ4v) is 9.57. The maximum Gasteiger partial charge on any atom is 0.0535 e. The van der Waals surface area contributed by atoms with Gasteiger partial charge in [0.25, 0.3) is 0 Å². The lowest BCUT2D eigenvalue weighted by atomic mass is 9.93. The molecule has 0 fully saturated rings. The Morgan fingerprint density at radius 2 is 0.672 bits per heavy atom. The van der Waals surface area contributed by atoms with Crippen LogP contribution in [-0.4, -0.2) is 4.57 Å². The molecular weight excluding hydrogens is 735 g/mol. The third kappa shape index (κ3) is 6.02. The van der Waals surface area contributed by atoms with Crippen molar-refractivity contribution in [2.24, 2.45) is 0 Å². The van der Waals surface area contributed by atoms with Gasteiger partial charge in [0.15, 0.2) is 0 Å². The summed E-state index contributed by atoms with van der Waals surface area (Å²) in [5.41, 5.74) is 14.5. The van der Waals surface area contributed by atoms with Crippen LogP contribution < -0.4 is 0 Å². The van der Waals surface area contributed by atoms with Crippen LogP contribution in [-0.2, 0) is 0 Å². The zero-order valence-electron chi connectivity index (χ0n) is 33.5. The van der Waals surface area contributed by atoms with E-state index in [2.05, 4.69) is 241 Å². The Bertz CT molecular complexity index is 3600. The fourth-order valence-electron chi connectivity index (χ4n) is 9.57. The molecule has 12 rings (SSSR count). The summed E-state index contributed by atoms with van der Waals surface area (Å²) in [5.74, 6) is 0. The van der Waals surface area contributed by atoms with Crippen molar-refractivity contribution >= 4 is 54.0 Å². The van der Waals surface area contributed by atoms with E-state index < -0.39 is 0 Å². The van der Waals surface area contributed by atoms with E-state index in [0.29, 0.717) is 0 Å². The first-order valence-electron chi connectivity index (χ1n) is 21.1. The summed E-state index contributed by atoms with van der Waals surface area (Å²) >= 11 is 0. The normalized spacial score (nSPS) is 11.6. The van der Waals surface area contributed by atoms with Crippen LogP contribution >= 0.6 is 0 Å². The first kappa shape index (κ1) is 35.0. The van der Waals surface area contributed by atoms with Crippen LogP contribution in [0.5, 0.6) is 0 Å². The van der Waals surface area contributed by atoms with E-state index in [4.69, 9.17) is 0 Å². The van der Waals surface area contributed by atoms with E-state index >= 15 is 0 Å². The van der Waals surface area contributed by atoms with Gasteiger partial charge in [0.2, 0.25) is 0 Å². The monoisotopic (exact) mass is 773 g/mol. The van der Waals surface area contributed by atoms with Gasteiger partial charge in [-0.1, -0.05) is 200 Å². The molecule has 0 atom stereocenters. The molecule has 0 saturated carbocycles. The molecule has 0 amide bonds. The summed E-state index contributed by atoms with van der Waals surface area (Å²) in [7, 11) is 0. The Hall–Kier alpha value is -8.00. The van der Waals surface area contributed by atoms with E-state index in [1.54, 1.807) is 0 Å². The van der Waals surface area contributed by atoms with Gasteiger partial charge in [-0.15, -0.1) is 0 Å². The molecule has 1 heteroatoms. The van der Waals surface area contributed by atoms with Crippen molar-refractivity contribution in [2.75, 3.05) is 0 Å². The topological polar surface area (TPSA) is 4.93 Å². The molecule has 1 aromatic heterocycles. The quantitative estimate of drug-likeness (QED) is 0.148. The number of rotatable bonds is 6. The summed E-state index contributed by atoms with van der Waals surface area (Å²) in [4.78, 5) is 0. The molecule has 12 aromatic rings. The molecule has 0 spiro atoms. The molecule has 0 bridgehead atoms. The zero-order chi connectivity index (χ0) is 40.3. The van der Waals surface area contributed by atoms with E-state index in [-0.39, 0.29) is 0 Å². The second kappa shape index (κ2) is 14.4. The summed E-state index contributed by atoms with van der Waals surface area (Å²) < 4.78 is 2.36. The van der Waals surface area contributed by atoms with Crippen LogP contribution in [0.2, 0.25) is 0 Å². The molecular formula is C60H39N. The molecule has 0 radical (unpaired) electrons. The molecule has 0 aliphatic rings. The van der Waals surface area contributed by atoms with Gasteiger partial charge in [0.1, 0.15) is 0 Å². The molecule has 61 heavy (non-hydrogen) atoms. The molecule has 11 aromatic carbocycles. The third-order valence-corrected chi connectivity index (χ3v) is 12.6. The maximum atomic E-state index is 2.38. The number of hydrogen-bond donors (Lipinski definition) is 0. The average Bonchev–Trinajstić information content (AvgIpc) is 3.72. The highest BCUT2D eigenvalue weighted by Crippen LogP contribution is 2.40. The lowest BCUT2D eigenvalue weighted by molar-refractivity contribution is 1.13. The summed E-state index contributed by atoms with van der Waals surface area (Å²) in [5, 5.41) is 11.4. The Labute approximate surface area is 355 Å². The van der Waals surface area contributed by atoms with Gasteiger partial charge in [-0.2, -0.15) is 0 Å². The van der Waals surface area contributed by atoms with Gasteiger partial charge in [0.05, 0.1) is 5.52 Å².